The average molecular weight is 360 g/mol. The van der Waals surface area contributed by atoms with Crippen LogP contribution in [0.3, 0.4) is 0 Å². The molecular formula is C19H18ClNO4. The van der Waals surface area contributed by atoms with Crippen molar-refractivity contribution in [3.05, 3.63) is 53.4 Å². The standard InChI is InChI=1S/C19H18ClNO4/c20-15-3-1-2-14(12-15)4-8-19(23)9-5-16(6-10-19)21-18(22)25-17-7-11-24-13-17/h1-3,7,11-13,16,23H,5-6,9-10H2,(H,21,22)/t16-,19-. The van der Waals surface area contributed by atoms with Crippen LogP contribution >= 0.6 is 11.6 Å². The summed E-state index contributed by atoms with van der Waals surface area (Å²) in [4.78, 5) is 11.8. The number of hydrogen-bond acceptors (Lipinski definition) is 4. The Morgan fingerprint density at radius 1 is 1.36 bits per heavy atom. The molecule has 1 aromatic heterocycles. The van der Waals surface area contributed by atoms with Crippen molar-refractivity contribution in [3.8, 4) is 17.6 Å². The van der Waals surface area contributed by atoms with Crippen molar-refractivity contribution in [2.45, 2.75) is 37.3 Å². The molecule has 0 bridgehead atoms. The van der Waals surface area contributed by atoms with Crippen LogP contribution < -0.4 is 10.1 Å². The maximum atomic E-state index is 11.8. The molecule has 5 nitrogen and oxygen atoms in total. The number of rotatable bonds is 2. The van der Waals surface area contributed by atoms with Gasteiger partial charge < -0.3 is 19.6 Å². The highest BCUT2D eigenvalue weighted by Crippen LogP contribution is 2.28. The second-order valence-electron chi connectivity index (χ2n) is 6.06. The highest BCUT2D eigenvalue weighted by Gasteiger charge is 2.32. The van der Waals surface area contributed by atoms with Gasteiger partial charge in [0.2, 0.25) is 0 Å². The quantitative estimate of drug-likeness (QED) is 0.801. The summed E-state index contributed by atoms with van der Waals surface area (Å²) in [7, 11) is 0. The molecule has 1 aliphatic rings. The van der Waals surface area contributed by atoms with Gasteiger partial charge in [-0.05, 0) is 43.9 Å². The largest absolute Gasteiger partial charge is 0.469 e. The number of benzene rings is 1. The molecule has 0 saturated heterocycles. The zero-order valence-corrected chi connectivity index (χ0v) is 14.3. The minimum atomic E-state index is -1.05. The Morgan fingerprint density at radius 2 is 2.16 bits per heavy atom. The fourth-order valence-corrected chi connectivity index (χ4v) is 2.92. The normalized spacial score (nSPS) is 22.6. The maximum Gasteiger partial charge on any atom is 0.412 e. The number of nitrogens with one attached hydrogen (secondary N) is 1. The highest BCUT2D eigenvalue weighted by atomic mass is 35.5. The molecule has 0 aliphatic heterocycles. The van der Waals surface area contributed by atoms with E-state index < -0.39 is 11.7 Å². The Kier molecular flexibility index (Phi) is 5.32. The molecule has 1 fully saturated rings. The number of ether oxygens (including phenoxy) is 1. The van der Waals surface area contributed by atoms with Gasteiger partial charge in [-0.25, -0.2) is 4.79 Å². The Labute approximate surface area is 150 Å². The van der Waals surface area contributed by atoms with Crippen LogP contribution in [0.25, 0.3) is 0 Å². The predicted octanol–water partition coefficient (Wildman–Crippen LogP) is 3.75. The SMILES string of the molecule is O=C(N[C@H]1CC[C@@](O)(C#Cc2cccc(Cl)c2)CC1)Oc1ccoc1. The first kappa shape index (κ1) is 17.4. The van der Waals surface area contributed by atoms with Crippen molar-refractivity contribution in [1.82, 2.24) is 5.32 Å². The van der Waals surface area contributed by atoms with Crippen LogP contribution in [-0.4, -0.2) is 22.8 Å². The van der Waals surface area contributed by atoms with E-state index in [0.29, 0.717) is 36.5 Å². The number of aliphatic hydroxyl groups is 1. The van der Waals surface area contributed by atoms with Gasteiger partial charge in [-0.3, -0.25) is 0 Å². The summed E-state index contributed by atoms with van der Waals surface area (Å²) in [6, 6.07) is 8.72. The molecule has 0 radical (unpaired) electrons. The van der Waals surface area contributed by atoms with E-state index in [1.54, 1.807) is 18.2 Å². The van der Waals surface area contributed by atoms with Gasteiger partial charge in [0.05, 0.1) is 6.26 Å². The van der Waals surface area contributed by atoms with Crippen molar-refractivity contribution >= 4 is 17.7 Å². The van der Waals surface area contributed by atoms with Gasteiger partial charge in [-0.1, -0.05) is 29.5 Å². The molecule has 2 aromatic rings. The molecule has 1 saturated carbocycles. The maximum absolute atomic E-state index is 11.8. The van der Waals surface area contributed by atoms with E-state index in [0.717, 1.165) is 5.56 Å². The number of furan rings is 1. The Bertz CT molecular complexity index is 783. The Balaban J connectivity index is 1.51. The van der Waals surface area contributed by atoms with Crippen molar-refractivity contribution < 1.29 is 19.1 Å². The number of carbonyl (C=O) groups is 1. The third kappa shape index (κ3) is 5.02. The van der Waals surface area contributed by atoms with Crippen LogP contribution in [-0.2, 0) is 0 Å². The van der Waals surface area contributed by atoms with E-state index in [9.17, 15) is 9.90 Å². The van der Waals surface area contributed by atoms with Gasteiger partial charge in [0.1, 0.15) is 11.9 Å². The molecule has 1 aromatic carbocycles. The van der Waals surface area contributed by atoms with E-state index in [2.05, 4.69) is 17.2 Å². The zero-order valence-electron chi connectivity index (χ0n) is 13.5. The third-order valence-corrected chi connectivity index (χ3v) is 4.34. The molecule has 0 atom stereocenters. The zero-order chi connectivity index (χ0) is 17.7. The second kappa shape index (κ2) is 7.64. The smallest absolute Gasteiger partial charge is 0.412 e. The van der Waals surface area contributed by atoms with E-state index in [4.69, 9.17) is 20.8 Å². The van der Waals surface area contributed by atoms with Gasteiger partial charge in [0.25, 0.3) is 0 Å². The number of hydrogen-bond donors (Lipinski definition) is 2. The molecule has 2 N–H and O–H groups in total. The first-order chi connectivity index (χ1) is 12.0. The van der Waals surface area contributed by atoms with Crippen LogP contribution in [0, 0.1) is 11.8 Å². The van der Waals surface area contributed by atoms with Gasteiger partial charge in [-0.2, -0.15) is 0 Å². The lowest BCUT2D eigenvalue weighted by molar-refractivity contribution is 0.0511. The summed E-state index contributed by atoms with van der Waals surface area (Å²) >= 11 is 5.93. The van der Waals surface area contributed by atoms with E-state index >= 15 is 0 Å². The molecule has 1 aliphatic carbocycles. The number of carbonyl (C=O) groups excluding carboxylic acids is 1. The molecule has 6 heteroatoms. The average Bonchev–Trinajstić information content (AvgIpc) is 3.08. The van der Waals surface area contributed by atoms with Crippen molar-refractivity contribution in [1.29, 1.82) is 0 Å². The van der Waals surface area contributed by atoms with Gasteiger partial charge >= 0.3 is 6.09 Å². The summed E-state index contributed by atoms with van der Waals surface area (Å²) in [5.41, 5.74) is -0.278. The second-order valence-corrected chi connectivity index (χ2v) is 6.50. The highest BCUT2D eigenvalue weighted by molar-refractivity contribution is 6.30. The van der Waals surface area contributed by atoms with Crippen LogP contribution in [0.15, 0.2) is 47.3 Å². The molecule has 0 unspecified atom stereocenters. The van der Waals surface area contributed by atoms with E-state index in [-0.39, 0.29) is 6.04 Å². The fraction of sp³-hybridized carbons (Fsp3) is 0.316. The first-order valence-electron chi connectivity index (χ1n) is 8.04. The third-order valence-electron chi connectivity index (χ3n) is 4.10. The minimum absolute atomic E-state index is 0.0485. The lowest BCUT2D eigenvalue weighted by atomic mass is 9.82. The summed E-state index contributed by atoms with van der Waals surface area (Å²) in [5, 5.41) is 14.0. The van der Waals surface area contributed by atoms with Crippen LogP contribution in [0.2, 0.25) is 5.02 Å². The topological polar surface area (TPSA) is 71.7 Å². The van der Waals surface area contributed by atoms with Gasteiger partial charge in [0, 0.05) is 22.7 Å². The summed E-state index contributed by atoms with van der Waals surface area (Å²) in [5.74, 6) is 6.27. The first-order valence-corrected chi connectivity index (χ1v) is 8.42. The Morgan fingerprint density at radius 3 is 2.84 bits per heavy atom. The van der Waals surface area contributed by atoms with Crippen LogP contribution in [0.5, 0.6) is 5.75 Å². The molecule has 1 heterocycles. The summed E-state index contributed by atoms with van der Waals surface area (Å²) in [6.45, 7) is 0. The monoisotopic (exact) mass is 359 g/mol. The van der Waals surface area contributed by atoms with E-state index in [1.165, 1.54) is 12.5 Å². The molecule has 3 rings (SSSR count). The summed E-state index contributed by atoms with van der Waals surface area (Å²) in [6.07, 6.45) is 4.48. The van der Waals surface area contributed by atoms with Crippen molar-refractivity contribution in [3.63, 3.8) is 0 Å². The predicted molar refractivity (Wildman–Crippen MR) is 93.4 cm³/mol. The van der Waals surface area contributed by atoms with Crippen molar-refractivity contribution in [2.75, 3.05) is 0 Å². The summed E-state index contributed by atoms with van der Waals surface area (Å²) < 4.78 is 9.92. The van der Waals surface area contributed by atoms with E-state index in [1.807, 2.05) is 12.1 Å². The Hall–Kier alpha value is -2.42. The molecular weight excluding hydrogens is 342 g/mol. The van der Waals surface area contributed by atoms with Crippen LogP contribution in [0.4, 0.5) is 4.79 Å². The van der Waals surface area contributed by atoms with Crippen LogP contribution in [0.1, 0.15) is 31.2 Å². The number of amides is 1. The lowest BCUT2D eigenvalue weighted by Gasteiger charge is -2.32. The minimum Gasteiger partial charge on any atom is -0.469 e. The molecule has 0 spiro atoms. The molecule has 1 amide bonds. The molecule has 25 heavy (non-hydrogen) atoms. The van der Waals surface area contributed by atoms with Gasteiger partial charge in [0.15, 0.2) is 5.75 Å². The molecule has 130 valence electrons. The fourth-order valence-electron chi connectivity index (χ4n) is 2.73. The lowest BCUT2D eigenvalue weighted by Crippen LogP contribution is -2.43. The number of halogens is 1. The van der Waals surface area contributed by atoms with Crippen molar-refractivity contribution in [2.24, 2.45) is 0 Å². The van der Waals surface area contributed by atoms with Gasteiger partial charge in [-0.15, -0.1) is 0 Å².